The molecule has 9 aromatic rings. The first-order chi connectivity index (χ1) is 29.3. The van der Waals surface area contributed by atoms with E-state index in [2.05, 4.69) is 127 Å². The third-order valence-corrected chi connectivity index (χ3v) is 10.4. The summed E-state index contributed by atoms with van der Waals surface area (Å²) in [6.07, 6.45) is 0. The summed E-state index contributed by atoms with van der Waals surface area (Å²) in [6, 6.07) is 61.4. The summed E-state index contributed by atoms with van der Waals surface area (Å²) in [5.41, 5.74) is 19.7. The fourth-order valence-electron chi connectivity index (χ4n) is 7.34. The van der Waals surface area contributed by atoms with E-state index in [1.54, 1.807) is 0 Å². The molecule has 0 fully saturated rings. The van der Waals surface area contributed by atoms with Crippen LogP contribution in [-0.2, 0) is 20.1 Å². The molecule has 9 rings (SSSR count). The van der Waals surface area contributed by atoms with Gasteiger partial charge in [-0.2, -0.15) is 0 Å². The van der Waals surface area contributed by atoms with Gasteiger partial charge >= 0.3 is 0 Å². The molecule has 0 saturated carbocycles. The number of hydrogen-bond donors (Lipinski definition) is 0. The first-order valence-corrected chi connectivity index (χ1v) is 20.1. The third-order valence-electron chi connectivity index (χ3n) is 10.4. The summed E-state index contributed by atoms with van der Waals surface area (Å²) in [5.74, 6) is 0. The van der Waals surface area contributed by atoms with Crippen molar-refractivity contribution in [3.63, 3.8) is 0 Å². The molecule has 6 nitrogen and oxygen atoms in total. The molecule has 0 saturated heterocycles. The molecule has 0 unspecified atom stereocenters. The SMILES string of the molecule is Cc1cccc(C)c1-c1ccc(-c2ccccc2)nn1.Cc1cccc(C)c1-c1ccc(-c2ccccc2)nn1.Cc1cccc(C)c1-c1ccc(-c2ccccc2)nn1.[Ir]. The van der Waals surface area contributed by atoms with Gasteiger partial charge in [0.2, 0.25) is 0 Å². The predicted molar refractivity (Wildman–Crippen MR) is 247 cm³/mol. The topological polar surface area (TPSA) is 77.3 Å². The molecule has 0 spiro atoms. The van der Waals surface area contributed by atoms with E-state index in [0.29, 0.717) is 0 Å². The van der Waals surface area contributed by atoms with Crippen LogP contribution >= 0.6 is 0 Å². The van der Waals surface area contributed by atoms with Crippen molar-refractivity contribution in [2.45, 2.75) is 41.5 Å². The molecule has 6 aromatic carbocycles. The Bertz CT molecular complexity index is 2410. The standard InChI is InChI=1S/3C18H16N2.Ir/c3*1-13-7-6-8-14(2)18(13)17-12-11-16(19-20-17)15-9-4-3-5-10-15;/h3*3-12H,1-2H3;. The molecule has 0 amide bonds. The summed E-state index contributed by atoms with van der Waals surface area (Å²) in [7, 11) is 0. The molecule has 3 heterocycles. The fraction of sp³-hybridized carbons (Fsp3) is 0.111. The number of aryl methyl sites for hydroxylation is 6. The van der Waals surface area contributed by atoms with Crippen LogP contribution in [0.3, 0.4) is 0 Å². The minimum atomic E-state index is 0. The number of nitrogens with zero attached hydrogens (tertiary/aromatic N) is 6. The molecule has 1 radical (unpaired) electrons. The second-order valence-electron chi connectivity index (χ2n) is 14.8. The molecule has 0 aliphatic rings. The Morgan fingerprint density at radius 1 is 0.213 bits per heavy atom. The Kier molecular flexibility index (Phi) is 15.0. The van der Waals surface area contributed by atoms with Crippen LogP contribution in [-0.4, -0.2) is 30.6 Å². The van der Waals surface area contributed by atoms with Crippen molar-refractivity contribution in [3.8, 4) is 67.5 Å². The number of rotatable bonds is 6. The Morgan fingerprint density at radius 3 is 0.607 bits per heavy atom. The van der Waals surface area contributed by atoms with Crippen LogP contribution in [0.2, 0.25) is 0 Å². The van der Waals surface area contributed by atoms with Gasteiger partial charge in [-0.05, 0) is 111 Å². The summed E-state index contributed by atoms with van der Waals surface area (Å²) < 4.78 is 0. The van der Waals surface area contributed by atoms with E-state index < -0.39 is 0 Å². The minimum absolute atomic E-state index is 0. The molecule has 0 aliphatic heterocycles. The largest absolute Gasteiger partial charge is 0.150 e. The smallest absolute Gasteiger partial charge is 0.0935 e. The van der Waals surface area contributed by atoms with Gasteiger partial charge in [0.1, 0.15) is 0 Å². The molecule has 0 atom stereocenters. The van der Waals surface area contributed by atoms with Gasteiger partial charge in [-0.15, -0.1) is 30.6 Å². The van der Waals surface area contributed by atoms with E-state index in [4.69, 9.17) is 0 Å². The summed E-state index contributed by atoms with van der Waals surface area (Å²) >= 11 is 0. The van der Waals surface area contributed by atoms with Crippen LogP contribution in [0.25, 0.3) is 67.5 Å². The third kappa shape index (κ3) is 10.9. The molecular formula is C54H48IrN6. The second-order valence-corrected chi connectivity index (χ2v) is 14.8. The first-order valence-electron chi connectivity index (χ1n) is 20.1. The molecule has 61 heavy (non-hydrogen) atoms. The average Bonchev–Trinajstić information content (AvgIpc) is 3.28. The average molecular weight is 973 g/mol. The van der Waals surface area contributed by atoms with E-state index in [1.807, 2.05) is 127 Å². The predicted octanol–water partition coefficient (Wildman–Crippen LogP) is 13.3. The van der Waals surface area contributed by atoms with Gasteiger partial charge in [0.15, 0.2) is 0 Å². The zero-order valence-corrected chi connectivity index (χ0v) is 37.7. The van der Waals surface area contributed by atoms with Gasteiger partial charge in [0.25, 0.3) is 0 Å². The maximum Gasteiger partial charge on any atom is 0.0935 e. The van der Waals surface area contributed by atoms with Crippen molar-refractivity contribution in [1.29, 1.82) is 0 Å². The van der Waals surface area contributed by atoms with Crippen molar-refractivity contribution >= 4 is 0 Å². The van der Waals surface area contributed by atoms with E-state index in [1.165, 1.54) is 50.1 Å². The summed E-state index contributed by atoms with van der Waals surface area (Å²) in [6.45, 7) is 12.6. The van der Waals surface area contributed by atoms with Crippen molar-refractivity contribution < 1.29 is 20.1 Å². The molecule has 7 heteroatoms. The summed E-state index contributed by atoms with van der Waals surface area (Å²) in [5, 5.41) is 26.3. The Hall–Kier alpha value is -6.79. The molecule has 0 bridgehead atoms. The monoisotopic (exact) mass is 973 g/mol. The molecule has 0 aliphatic carbocycles. The number of hydrogen-bond acceptors (Lipinski definition) is 6. The number of benzene rings is 6. The van der Waals surface area contributed by atoms with Crippen LogP contribution in [0.5, 0.6) is 0 Å². The van der Waals surface area contributed by atoms with Crippen molar-refractivity contribution in [1.82, 2.24) is 30.6 Å². The van der Waals surface area contributed by atoms with Crippen LogP contribution in [0, 0.1) is 41.5 Å². The molecule has 3 aromatic heterocycles. The van der Waals surface area contributed by atoms with Crippen molar-refractivity contribution in [2.75, 3.05) is 0 Å². The van der Waals surface area contributed by atoms with Crippen LogP contribution in [0.1, 0.15) is 33.4 Å². The fourth-order valence-corrected chi connectivity index (χ4v) is 7.34. The van der Waals surface area contributed by atoms with Crippen LogP contribution < -0.4 is 0 Å². The van der Waals surface area contributed by atoms with E-state index >= 15 is 0 Å². The maximum atomic E-state index is 4.40. The first kappa shape index (κ1) is 43.8. The van der Waals surface area contributed by atoms with Gasteiger partial charge in [0.05, 0.1) is 34.2 Å². The maximum absolute atomic E-state index is 4.40. The van der Waals surface area contributed by atoms with Gasteiger partial charge in [-0.25, -0.2) is 0 Å². The summed E-state index contributed by atoms with van der Waals surface area (Å²) in [4.78, 5) is 0. The van der Waals surface area contributed by atoms with Crippen LogP contribution in [0.4, 0.5) is 0 Å². The Morgan fingerprint density at radius 2 is 0.410 bits per heavy atom. The molecule has 303 valence electrons. The molecular weight excluding hydrogens is 925 g/mol. The normalized spacial score (nSPS) is 10.3. The van der Waals surface area contributed by atoms with Gasteiger partial charge < -0.3 is 0 Å². The minimum Gasteiger partial charge on any atom is -0.150 e. The zero-order valence-electron chi connectivity index (χ0n) is 35.3. The number of aromatic nitrogens is 6. The van der Waals surface area contributed by atoms with Crippen molar-refractivity contribution in [2.24, 2.45) is 0 Å². The van der Waals surface area contributed by atoms with Crippen LogP contribution in [0.15, 0.2) is 182 Å². The Labute approximate surface area is 373 Å². The quantitative estimate of drug-likeness (QED) is 0.165. The Balaban J connectivity index is 0.000000152. The molecule has 0 N–H and O–H groups in total. The van der Waals surface area contributed by atoms with E-state index in [-0.39, 0.29) is 20.1 Å². The van der Waals surface area contributed by atoms with E-state index in [0.717, 1.165) is 50.9 Å². The van der Waals surface area contributed by atoms with Gasteiger partial charge in [-0.3, -0.25) is 0 Å². The van der Waals surface area contributed by atoms with Gasteiger partial charge in [0, 0.05) is 53.5 Å². The van der Waals surface area contributed by atoms with Crippen molar-refractivity contribution in [3.05, 3.63) is 215 Å². The van der Waals surface area contributed by atoms with Gasteiger partial charge in [-0.1, -0.05) is 146 Å². The zero-order chi connectivity index (χ0) is 41.8. The second kappa shape index (κ2) is 20.9. The van der Waals surface area contributed by atoms with E-state index in [9.17, 15) is 0 Å².